The Morgan fingerprint density at radius 2 is 1.68 bits per heavy atom. The van der Waals surface area contributed by atoms with E-state index in [9.17, 15) is 22.8 Å². The summed E-state index contributed by atoms with van der Waals surface area (Å²) in [7, 11) is 0. The van der Waals surface area contributed by atoms with Gasteiger partial charge in [-0.1, -0.05) is 17.7 Å². The van der Waals surface area contributed by atoms with Gasteiger partial charge in [-0.2, -0.15) is 13.2 Å². The number of halogens is 3. The van der Waals surface area contributed by atoms with Crippen LogP contribution in [0.3, 0.4) is 0 Å². The van der Waals surface area contributed by atoms with Crippen LogP contribution in [0.25, 0.3) is 0 Å². The van der Waals surface area contributed by atoms with E-state index in [2.05, 4.69) is 5.32 Å². The molecular formula is C15H15F3N2O2. The second-order valence-electron chi connectivity index (χ2n) is 5.15. The minimum Gasteiger partial charge on any atom is -0.321 e. The van der Waals surface area contributed by atoms with Gasteiger partial charge in [-0.3, -0.25) is 9.59 Å². The van der Waals surface area contributed by atoms with E-state index in [1.165, 1.54) is 24.3 Å². The molecule has 0 saturated heterocycles. The van der Waals surface area contributed by atoms with Crippen LogP contribution in [0.1, 0.15) is 19.8 Å². The van der Waals surface area contributed by atoms with Crippen molar-refractivity contribution in [3.8, 4) is 0 Å². The van der Waals surface area contributed by atoms with Gasteiger partial charge < -0.3 is 10.6 Å². The summed E-state index contributed by atoms with van der Waals surface area (Å²) in [4.78, 5) is 22.9. The largest absolute Gasteiger partial charge is 0.471 e. The van der Waals surface area contributed by atoms with Crippen molar-refractivity contribution in [2.24, 2.45) is 5.92 Å². The fraction of sp³-hybridized carbons (Fsp3) is 0.333. The lowest BCUT2D eigenvalue weighted by Gasteiger charge is -2.12. The fourth-order valence-electron chi connectivity index (χ4n) is 1.93. The van der Waals surface area contributed by atoms with Crippen molar-refractivity contribution < 1.29 is 22.8 Å². The number of rotatable bonds is 4. The number of hydrogen-bond acceptors (Lipinski definition) is 2. The van der Waals surface area contributed by atoms with Gasteiger partial charge in [0.1, 0.15) is 0 Å². The van der Waals surface area contributed by atoms with Crippen LogP contribution in [0.2, 0.25) is 0 Å². The molecule has 0 radical (unpaired) electrons. The van der Waals surface area contributed by atoms with Crippen LogP contribution in [-0.2, 0) is 9.59 Å². The Morgan fingerprint density at radius 3 is 2.18 bits per heavy atom. The van der Waals surface area contributed by atoms with E-state index < -0.39 is 18.0 Å². The van der Waals surface area contributed by atoms with Crippen molar-refractivity contribution in [1.82, 2.24) is 0 Å². The summed E-state index contributed by atoms with van der Waals surface area (Å²) in [6.45, 7) is 1.84. The zero-order valence-corrected chi connectivity index (χ0v) is 11.8. The molecule has 2 rings (SSSR count). The SMILES string of the molecule is C/C(=C\C(=O)Nc1ccccc1NC(=O)C(F)(F)F)C1CC1. The molecule has 0 spiro atoms. The number of hydrogen-bond donors (Lipinski definition) is 2. The van der Waals surface area contributed by atoms with Gasteiger partial charge in [-0.15, -0.1) is 0 Å². The number of carbonyl (C=O) groups excluding carboxylic acids is 2. The number of allylic oxidation sites excluding steroid dienone is 1. The Hall–Kier alpha value is -2.31. The van der Waals surface area contributed by atoms with Gasteiger partial charge in [0.15, 0.2) is 0 Å². The fourth-order valence-corrected chi connectivity index (χ4v) is 1.93. The van der Waals surface area contributed by atoms with Gasteiger partial charge in [-0.25, -0.2) is 0 Å². The molecule has 1 saturated carbocycles. The molecule has 0 heterocycles. The summed E-state index contributed by atoms with van der Waals surface area (Å²) >= 11 is 0. The topological polar surface area (TPSA) is 58.2 Å². The molecule has 7 heteroatoms. The predicted octanol–water partition coefficient (Wildman–Crippen LogP) is 3.48. The number of anilines is 2. The van der Waals surface area contributed by atoms with E-state index in [-0.39, 0.29) is 11.4 Å². The average Bonchev–Trinajstić information content (AvgIpc) is 3.24. The summed E-state index contributed by atoms with van der Waals surface area (Å²) in [5.74, 6) is -2.09. The lowest BCUT2D eigenvalue weighted by atomic mass is 10.2. The molecule has 4 nitrogen and oxygen atoms in total. The normalized spacial score (nSPS) is 15.4. The van der Waals surface area contributed by atoms with Crippen molar-refractivity contribution >= 4 is 23.2 Å². The van der Waals surface area contributed by atoms with E-state index in [0.29, 0.717) is 5.92 Å². The third-order valence-electron chi connectivity index (χ3n) is 3.27. The van der Waals surface area contributed by atoms with Gasteiger partial charge in [0, 0.05) is 6.08 Å². The quantitative estimate of drug-likeness (QED) is 0.836. The van der Waals surface area contributed by atoms with E-state index in [4.69, 9.17) is 0 Å². The first-order valence-electron chi connectivity index (χ1n) is 6.74. The first-order valence-corrected chi connectivity index (χ1v) is 6.74. The van der Waals surface area contributed by atoms with Crippen LogP contribution in [-0.4, -0.2) is 18.0 Å². The van der Waals surface area contributed by atoms with E-state index in [1.807, 2.05) is 6.92 Å². The minimum absolute atomic E-state index is 0.101. The second-order valence-corrected chi connectivity index (χ2v) is 5.15. The zero-order chi connectivity index (χ0) is 16.3. The zero-order valence-electron chi connectivity index (χ0n) is 11.8. The summed E-state index contributed by atoms with van der Waals surface area (Å²) in [5, 5.41) is 4.23. The third kappa shape index (κ3) is 4.34. The Morgan fingerprint density at radius 1 is 1.14 bits per heavy atom. The van der Waals surface area contributed by atoms with E-state index in [0.717, 1.165) is 18.4 Å². The molecule has 118 valence electrons. The first-order chi connectivity index (χ1) is 10.3. The monoisotopic (exact) mass is 312 g/mol. The molecule has 1 aliphatic rings. The average molecular weight is 312 g/mol. The Kier molecular flexibility index (Phi) is 4.54. The molecule has 1 fully saturated rings. The molecule has 0 unspecified atom stereocenters. The predicted molar refractivity (Wildman–Crippen MR) is 76.2 cm³/mol. The molecule has 1 aromatic rings. The smallest absolute Gasteiger partial charge is 0.321 e. The Balaban J connectivity index is 2.09. The van der Waals surface area contributed by atoms with Gasteiger partial charge >= 0.3 is 12.1 Å². The van der Waals surface area contributed by atoms with Crippen molar-refractivity contribution in [2.75, 3.05) is 10.6 Å². The van der Waals surface area contributed by atoms with Gasteiger partial charge in [0.25, 0.3) is 0 Å². The minimum atomic E-state index is -4.99. The highest BCUT2D eigenvalue weighted by atomic mass is 19.4. The Labute approximate surface area is 125 Å². The van der Waals surface area contributed by atoms with Gasteiger partial charge in [-0.05, 0) is 37.8 Å². The van der Waals surface area contributed by atoms with Crippen LogP contribution < -0.4 is 10.6 Å². The van der Waals surface area contributed by atoms with Crippen LogP contribution in [0.15, 0.2) is 35.9 Å². The number of para-hydroxylation sites is 2. The maximum absolute atomic E-state index is 12.3. The van der Waals surface area contributed by atoms with Crippen molar-refractivity contribution in [1.29, 1.82) is 0 Å². The van der Waals surface area contributed by atoms with Crippen LogP contribution in [0.5, 0.6) is 0 Å². The standard InChI is InChI=1S/C15H15F3N2O2/c1-9(10-6-7-10)8-13(21)19-11-4-2-3-5-12(11)20-14(22)15(16,17)18/h2-5,8,10H,6-7H2,1H3,(H,19,21)(H,20,22)/b9-8+. The van der Waals surface area contributed by atoms with Gasteiger partial charge in [0.05, 0.1) is 11.4 Å². The summed E-state index contributed by atoms with van der Waals surface area (Å²) < 4.78 is 36.9. The molecule has 0 aliphatic heterocycles. The highest BCUT2D eigenvalue weighted by Gasteiger charge is 2.39. The molecule has 0 atom stereocenters. The molecular weight excluding hydrogens is 297 g/mol. The second kappa shape index (κ2) is 6.21. The van der Waals surface area contributed by atoms with Crippen LogP contribution >= 0.6 is 0 Å². The maximum atomic E-state index is 12.3. The third-order valence-corrected chi connectivity index (χ3v) is 3.27. The molecule has 0 aromatic heterocycles. The molecule has 1 aromatic carbocycles. The highest BCUT2D eigenvalue weighted by Crippen LogP contribution is 2.36. The summed E-state index contributed by atoms with van der Waals surface area (Å²) in [5.41, 5.74) is 0.954. The van der Waals surface area contributed by atoms with E-state index >= 15 is 0 Å². The van der Waals surface area contributed by atoms with Crippen LogP contribution in [0, 0.1) is 5.92 Å². The Bertz CT molecular complexity index is 619. The van der Waals surface area contributed by atoms with Crippen molar-refractivity contribution in [3.63, 3.8) is 0 Å². The number of amides is 2. The lowest BCUT2D eigenvalue weighted by Crippen LogP contribution is -2.30. The lowest BCUT2D eigenvalue weighted by molar-refractivity contribution is -0.167. The summed E-state index contributed by atoms with van der Waals surface area (Å²) in [6.07, 6.45) is -1.46. The molecule has 2 amide bonds. The molecule has 2 N–H and O–H groups in total. The first kappa shape index (κ1) is 16.1. The van der Waals surface area contributed by atoms with Crippen molar-refractivity contribution in [3.05, 3.63) is 35.9 Å². The van der Waals surface area contributed by atoms with E-state index in [1.54, 1.807) is 11.4 Å². The summed E-state index contributed by atoms with van der Waals surface area (Å²) in [6, 6.07) is 5.73. The molecule has 22 heavy (non-hydrogen) atoms. The number of carbonyl (C=O) groups is 2. The molecule has 0 bridgehead atoms. The number of nitrogens with one attached hydrogen (secondary N) is 2. The molecule has 1 aliphatic carbocycles. The maximum Gasteiger partial charge on any atom is 0.471 e. The van der Waals surface area contributed by atoms with Crippen molar-refractivity contribution in [2.45, 2.75) is 25.9 Å². The number of benzene rings is 1. The number of alkyl halides is 3. The highest BCUT2D eigenvalue weighted by molar-refractivity contribution is 6.04. The van der Waals surface area contributed by atoms with Crippen LogP contribution in [0.4, 0.5) is 24.5 Å². The van der Waals surface area contributed by atoms with Gasteiger partial charge in [0.2, 0.25) is 5.91 Å².